The Balaban J connectivity index is 2.10. The SMILES string of the molecule is CCOC(=O)c1cnc(SC(CC)C(=O)Nc2ccc(C)cc2C)nc1N. The van der Waals surface area contributed by atoms with Crippen LogP contribution < -0.4 is 11.1 Å². The smallest absolute Gasteiger partial charge is 0.343 e. The summed E-state index contributed by atoms with van der Waals surface area (Å²) in [5.41, 5.74) is 8.88. The largest absolute Gasteiger partial charge is 0.462 e. The van der Waals surface area contributed by atoms with Crippen molar-refractivity contribution in [2.24, 2.45) is 0 Å². The van der Waals surface area contributed by atoms with Crippen LogP contribution in [-0.4, -0.2) is 33.7 Å². The minimum absolute atomic E-state index is 0.0376. The number of carbonyl (C=O) groups excluding carboxylic acids is 2. The Bertz CT molecular complexity index is 842. The highest BCUT2D eigenvalue weighted by molar-refractivity contribution is 8.00. The number of esters is 1. The van der Waals surface area contributed by atoms with Gasteiger partial charge in [0.05, 0.1) is 11.9 Å². The molecule has 1 unspecified atom stereocenters. The maximum atomic E-state index is 12.6. The average Bonchev–Trinajstić information content (AvgIpc) is 2.62. The monoisotopic (exact) mass is 388 g/mol. The highest BCUT2D eigenvalue weighted by Gasteiger charge is 2.21. The van der Waals surface area contributed by atoms with Gasteiger partial charge in [0.15, 0.2) is 5.16 Å². The van der Waals surface area contributed by atoms with E-state index in [4.69, 9.17) is 10.5 Å². The third-order valence-corrected chi connectivity index (χ3v) is 5.08. The fourth-order valence-corrected chi connectivity index (χ4v) is 3.27. The fourth-order valence-electron chi connectivity index (χ4n) is 2.42. The van der Waals surface area contributed by atoms with E-state index in [-0.39, 0.29) is 23.9 Å². The highest BCUT2D eigenvalue weighted by atomic mass is 32.2. The quantitative estimate of drug-likeness (QED) is 0.425. The maximum Gasteiger partial charge on any atom is 0.343 e. The minimum Gasteiger partial charge on any atom is -0.462 e. The first kappa shape index (κ1) is 20.7. The van der Waals surface area contributed by atoms with Crippen molar-refractivity contribution < 1.29 is 14.3 Å². The van der Waals surface area contributed by atoms with Gasteiger partial charge in [0.1, 0.15) is 11.4 Å². The topological polar surface area (TPSA) is 107 Å². The van der Waals surface area contributed by atoms with Gasteiger partial charge in [-0.1, -0.05) is 36.4 Å². The van der Waals surface area contributed by atoms with Gasteiger partial charge in [-0.3, -0.25) is 4.79 Å². The Morgan fingerprint density at radius 3 is 2.63 bits per heavy atom. The summed E-state index contributed by atoms with van der Waals surface area (Å²) < 4.78 is 4.91. The van der Waals surface area contributed by atoms with Crippen LogP contribution in [-0.2, 0) is 9.53 Å². The van der Waals surface area contributed by atoms with Crippen molar-refractivity contribution in [3.05, 3.63) is 41.1 Å². The summed E-state index contributed by atoms with van der Waals surface area (Å²) in [7, 11) is 0. The number of amides is 1. The van der Waals surface area contributed by atoms with Crippen LogP contribution in [0.1, 0.15) is 41.8 Å². The van der Waals surface area contributed by atoms with Crippen molar-refractivity contribution in [1.29, 1.82) is 0 Å². The molecule has 1 atom stereocenters. The zero-order valence-electron chi connectivity index (χ0n) is 15.9. The van der Waals surface area contributed by atoms with E-state index >= 15 is 0 Å². The normalized spacial score (nSPS) is 11.7. The molecule has 1 heterocycles. The number of nitrogens with one attached hydrogen (secondary N) is 1. The number of benzene rings is 1. The second-order valence-corrected chi connectivity index (χ2v) is 7.16. The molecule has 0 bridgehead atoms. The Labute approximate surface area is 163 Å². The Kier molecular flexibility index (Phi) is 7.18. The second-order valence-electron chi connectivity index (χ2n) is 5.99. The lowest BCUT2D eigenvalue weighted by atomic mass is 10.1. The third kappa shape index (κ3) is 5.43. The van der Waals surface area contributed by atoms with E-state index in [1.54, 1.807) is 6.92 Å². The van der Waals surface area contributed by atoms with E-state index in [0.717, 1.165) is 16.8 Å². The van der Waals surface area contributed by atoms with Crippen LogP contribution in [0.25, 0.3) is 0 Å². The van der Waals surface area contributed by atoms with Crippen LogP contribution in [0.15, 0.2) is 29.6 Å². The lowest BCUT2D eigenvalue weighted by Gasteiger charge is -2.15. The summed E-state index contributed by atoms with van der Waals surface area (Å²) in [6.07, 6.45) is 1.92. The molecule has 0 aliphatic rings. The van der Waals surface area contributed by atoms with Gasteiger partial charge in [-0.2, -0.15) is 0 Å². The number of anilines is 2. The molecule has 1 aromatic carbocycles. The number of aryl methyl sites for hydroxylation is 2. The van der Waals surface area contributed by atoms with Crippen molar-refractivity contribution in [3.8, 4) is 0 Å². The maximum absolute atomic E-state index is 12.6. The number of thioether (sulfide) groups is 1. The van der Waals surface area contributed by atoms with Crippen LogP contribution in [0.2, 0.25) is 0 Å². The van der Waals surface area contributed by atoms with Gasteiger partial charge in [-0.15, -0.1) is 0 Å². The van der Waals surface area contributed by atoms with E-state index in [2.05, 4.69) is 15.3 Å². The lowest BCUT2D eigenvalue weighted by Crippen LogP contribution is -2.25. The van der Waals surface area contributed by atoms with Gasteiger partial charge >= 0.3 is 5.97 Å². The lowest BCUT2D eigenvalue weighted by molar-refractivity contribution is -0.115. The molecule has 27 heavy (non-hydrogen) atoms. The van der Waals surface area contributed by atoms with Gasteiger partial charge in [0, 0.05) is 11.9 Å². The van der Waals surface area contributed by atoms with Gasteiger partial charge in [-0.25, -0.2) is 14.8 Å². The molecule has 8 heteroatoms. The molecule has 0 fully saturated rings. The molecule has 7 nitrogen and oxygen atoms in total. The van der Waals surface area contributed by atoms with E-state index < -0.39 is 11.2 Å². The molecule has 0 spiro atoms. The first-order chi connectivity index (χ1) is 12.8. The fraction of sp³-hybridized carbons (Fsp3) is 0.368. The van der Waals surface area contributed by atoms with Gasteiger partial charge < -0.3 is 15.8 Å². The van der Waals surface area contributed by atoms with Gasteiger partial charge in [0.25, 0.3) is 0 Å². The molecule has 2 aromatic rings. The van der Waals surface area contributed by atoms with Crippen molar-refractivity contribution in [2.45, 2.75) is 44.5 Å². The van der Waals surface area contributed by atoms with Crippen molar-refractivity contribution in [3.63, 3.8) is 0 Å². The zero-order chi connectivity index (χ0) is 20.0. The number of hydrogen-bond donors (Lipinski definition) is 2. The van der Waals surface area contributed by atoms with Crippen LogP contribution in [0.5, 0.6) is 0 Å². The van der Waals surface area contributed by atoms with Crippen molar-refractivity contribution >= 4 is 35.1 Å². The van der Waals surface area contributed by atoms with Crippen LogP contribution in [0.3, 0.4) is 0 Å². The van der Waals surface area contributed by atoms with Crippen LogP contribution in [0.4, 0.5) is 11.5 Å². The zero-order valence-corrected chi connectivity index (χ0v) is 16.7. The number of nitrogens with two attached hydrogens (primary N) is 1. The average molecular weight is 388 g/mol. The molecule has 144 valence electrons. The number of aromatic nitrogens is 2. The molecule has 0 saturated carbocycles. The van der Waals surface area contributed by atoms with Crippen molar-refractivity contribution in [1.82, 2.24) is 9.97 Å². The summed E-state index contributed by atoms with van der Waals surface area (Å²) in [5.74, 6) is -0.659. The molecule has 1 aromatic heterocycles. The van der Waals surface area contributed by atoms with E-state index in [1.165, 1.54) is 18.0 Å². The predicted octanol–water partition coefficient (Wildman–Crippen LogP) is 3.36. The third-order valence-electron chi connectivity index (χ3n) is 3.84. The molecule has 3 N–H and O–H groups in total. The Hall–Kier alpha value is -2.61. The number of nitrogens with zero attached hydrogens (tertiary/aromatic N) is 2. The van der Waals surface area contributed by atoms with Crippen LogP contribution in [0, 0.1) is 13.8 Å². The van der Waals surface area contributed by atoms with Crippen LogP contribution >= 0.6 is 11.8 Å². The molecular weight excluding hydrogens is 364 g/mol. The minimum atomic E-state index is -0.564. The summed E-state index contributed by atoms with van der Waals surface area (Å²) in [5, 5.41) is 2.89. The molecular formula is C19H24N4O3S. The molecule has 0 saturated heterocycles. The predicted molar refractivity (Wildman–Crippen MR) is 107 cm³/mol. The molecule has 1 amide bonds. The highest BCUT2D eigenvalue weighted by Crippen LogP contribution is 2.26. The first-order valence-electron chi connectivity index (χ1n) is 8.70. The Morgan fingerprint density at radius 2 is 2.04 bits per heavy atom. The van der Waals surface area contributed by atoms with E-state index in [0.29, 0.717) is 11.6 Å². The van der Waals surface area contributed by atoms with Gasteiger partial charge in [-0.05, 0) is 38.8 Å². The second kappa shape index (κ2) is 9.36. The number of ether oxygens (including phenoxy) is 1. The number of rotatable bonds is 7. The summed E-state index contributed by atoms with van der Waals surface area (Å²) in [4.78, 5) is 32.7. The Morgan fingerprint density at radius 1 is 1.30 bits per heavy atom. The van der Waals surface area contributed by atoms with Gasteiger partial charge in [0.2, 0.25) is 5.91 Å². The standard InChI is InChI=1S/C19H24N4O3S/c1-5-15(17(24)22-14-8-7-11(3)9-12(14)4)27-19-21-10-13(16(20)23-19)18(25)26-6-2/h7-10,15H,5-6H2,1-4H3,(H,22,24)(H2,20,21,23). The first-order valence-corrected chi connectivity index (χ1v) is 9.58. The molecule has 0 aliphatic heterocycles. The molecule has 0 radical (unpaired) electrons. The summed E-state index contributed by atoms with van der Waals surface area (Å²) in [6.45, 7) is 7.82. The molecule has 2 rings (SSSR count). The summed E-state index contributed by atoms with van der Waals surface area (Å²) in [6, 6.07) is 5.86. The molecule has 0 aliphatic carbocycles. The number of nitrogen functional groups attached to an aromatic ring is 1. The van der Waals surface area contributed by atoms with E-state index in [9.17, 15) is 9.59 Å². The summed E-state index contributed by atoms with van der Waals surface area (Å²) >= 11 is 1.21. The number of carbonyl (C=O) groups is 2. The van der Waals surface area contributed by atoms with Crippen molar-refractivity contribution in [2.75, 3.05) is 17.7 Å². The van der Waals surface area contributed by atoms with E-state index in [1.807, 2.05) is 39.0 Å². The number of hydrogen-bond acceptors (Lipinski definition) is 7.